The molecule has 2 heterocycles. The molecule has 2 atom stereocenters. The predicted octanol–water partition coefficient (Wildman–Crippen LogP) is 8.87. The van der Waals surface area contributed by atoms with Gasteiger partial charge in [0.25, 0.3) is 0 Å². The van der Waals surface area contributed by atoms with Gasteiger partial charge >= 0.3 is 0 Å². The van der Waals surface area contributed by atoms with Gasteiger partial charge in [0, 0.05) is 33.4 Å². The average Bonchev–Trinajstić information content (AvgIpc) is 3.68. The van der Waals surface area contributed by atoms with Gasteiger partial charge in [0.15, 0.2) is 0 Å². The molecule has 1 aromatic carbocycles. The van der Waals surface area contributed by atoms with E-state index < -0.39 is 11.8 Å². The minimum Gasteiger partial charge on any atom is -0.400 e. The summed E-state index contributed by atoms with van der Waals surface area (Å²) in [4.78, 5) is 16.7. The largest absolute Gasteiger partial charge is 0.400 e. The minimum atomic E-state index is -0.587. The van der Waals surface area contributed by atoms with Crippen LogP contribution in [-0.2, 0) is 11.2 Å². The molecule has 0 fully saturated rings. The third kappa shape index (κ3) is 11.2. The Labute approximate surface area is 261 Å². The second-order valence-electron chi connectivity index (χ2n) is 11.0. The Morgan fingerprint density at radius 1 is 0.976 bits per heavy atom. The monoisotopic (exact) mass is 594 g/mol. The van der Waals surface area contributed by atoms with Crippen LogP contribution < -0.4 is 11.5 Å². The summed E-state index contributed by atoms with van der Waals surface area (Å²) in [6, 6.07) is 8.46. The highest BCUT2D eigenvalue weighted by atomic mass is 32.1. The number of carbonyl (C=O) groups excluding carboxylic acids is 1. The molecule has 2 unspecified atom stereocenters. The molecule has 0 aliphatic rings. The number of benzene rings is 1. The molecule has 233 valence electrons. The maximum atomic E-state index is 12.0. The Hall–Kier alpha value is -2.74. The van der Waals surface area contributed by atoms with Crippen molar-refractivity contribution in [1.29, 1.82) is 0 Å². The van der Waals surface area contributed by atoms with Crippen LogP contribution in [0.15, 0.2) is 36.2 Å². The Morgan fingerprint density at radius 2 is 1.67 bits per heavy atom. The van der Waals surface area contributed by atoms with Gasteiger partial charge in [0.2, 0.25) is 5.91 Å². The number of H-pyrrole nitrogens is 1. The molecule has 8 heteroatoms. The number of thiophene rings is 1. The number of fused-ring (bicyclic) bond motifs is 1. The lowest BCUT2D eigenvalue weighted by Gasteiger charge is -2.32. The van der Waals surface area contributed by atoms with Crippen LogP contribution in [0.25, 0.3) is 16.6 Å². The number of hydrogen-bond donors (Lipinski definition) is 3. The van der Waals surface area contributed by atoms with Crippen LogP contribution >= 0.6 is 11.3 Å². The van der Waals surface area contributed by atoms with Crippen LogP contribution in [0, 0.1) is 12.8 Å². The topological polar surface area (TPSA) is 101 Å². The van der Waals surface area contributed by atoms with Crippen molar-refractivity contribution in [3.63, 3.8) is 0 Å². The quantitative estimate of drug-likeness (QED) is 0.128. The summed E-state index contributed by atoms with van der Waals surface area (Å²) in [6.45, 7) is 16.9. The van der Waals surface area contributed by atoms with Crippen molar-refractivity contribution in [1.82, 2.24) is 15.1 Å². The third-order valence-electron chi connectivity index (χ3n) is 7.62. The maximum Gasteiger partial charge on any atom is 0.226 e. The number of nitrogens with zero attached hydrogens (tertiary/aromatic N) is 2. The second kappa shape index (κ2) is 20.2. The van der Waals surface area contributed by atoms with Gasteiger partial charge in [-0.25, -0.2) is 0 Å². The predicted molar refractivity (Wildman–Crippen MR) is 186 cm³/mol. The van der Waals surface area contributed by atoms with E-state index >= 15 is 0 Å². The standard InChI is InChI=1S/C22H29N5OS.C8H18B.C4H10/c1-6-15-8-10-18(29-15)14(4)27(5)21(20(23)13(3)22(24)28)19-12(2)7-9-17-16(19)11-25-26-17;1-3-5-6-8-9-7-4-2;1-3-4-2/h7-11,13-14H,6,23H2,1-5H3,(H2,24,28)(H,25,26);3-8H2,1-2H3;3-4H2,1-2H3/b21-20+;;. The number of unbranched alkanes of at least 4 members (excludes halogenated alkanes) is 3. The SMILES string of the molecule is CCCC.CCC[B]CCCCC.CCc1ccc(C(C)N(C)/C(=C(/N)C(C)C(N)=O)c2c(C)ccc3[nH]ncc23)s1. The van der Waals surface area contributed by atoms with Crippen molar-refractivity contribution in [2.45, 2.75) is 119 Å². The van der Waals surface area contributed by atoms with Gasteiger partial charge in [-0.3, -0.25) is 9.89 Å². The lowest BCUT2D eigenvalue weighted by atomic mass is 9.69. The van der Waals surface area contributed by atoms with E-state index in [-0.39, 0.29) is 6.04 Å². The molecule has 42 heavy (non-hydrogen) atoms. The molecule has 1 radical (unpaired) electrons. The zero-order chi connectivity index (χ0) is 31.7. The van der Waals surface area contributed by atoms with Gasteiger partial charge in [0.1, 0.15) is 7.28 Å². The van der Waals surface area contributed by atoms with Crippen molar-refractivity contribution in [3.8, 4) is 0 Å². The summed E-state index contributed by atoms with van der Waals surface area (Å²) in [5, 5.41) is 8.20. The van der Waals surface area contributed by atoms with E-state index in [1.807, 2.05) is 26.1 Å². The Bertz CT molecular complexity index is 1210. The number of hydrogen-bond acceptors (Lipinski definition) is 5. The second-order valence-corrected chi connectivity index (χ2v) is 12.2. The van der Waals surface area contributed by atoms with Crippen LogP contribution in [0.4, 0.5) is 0 Å². The summed E-state index contributed by atoms with van der Waals surface area (Å²) in [5.41, 5.74) is 16.4. The zero-order valence-electron chi connectivity index (χ0n) is 27.8. The van der Waals surface area contributed by atoms with Crippen molar-refractivity contribution in [2.75, 3.05) is 7.05 Å². The van der Waals surface area contributed by atoms with E-state index in [9.17, 15) is 4.79 Å². The van der Waals surface area contributed by atoms with Gasteiger partial charge < -0.3 is 16.4 Å². The Kier molecular flexibility index (Phi) is 18.0. The van der Waals surface area contributed by atoms with E-state index in [1.54, 1.807) is 24.5 Å². The molecule has 0 saturated carbocycles. The van der Waals surface area contributed by atoms with Crippen LogP contribution in [0.1, 0.15) is 114 Å². The number of aromatic amines is 1. The first-order valence-electron chi connectivity index (χ1n) is 15.9. The average molecular weight is 595 g/mol. The van der Waals surface area contributed by atoms with Crippen LogP contribution in [0.3, 0.4) is 0 Å². The normalized spacial score (nSPS) is 12.8. The van der Waals surface area contributed by atoms with Gasteiger partial charge in [-0.1, -0.05) is 91.9 Å². The number of amides is 1. The first-order chi connectivity index (χ1) is 20.1. The number of nitrogens with one attached hydrogen (secondary N) is 1. The molecule has 1 amide bonds. The fraction of sp³-hybridized carbons (Fsp3) is 0.588. The number of rotatable bonds is 14. The molecule has 0 bridgehead atoms. The molecule has 5 N–H and O–H groups in total. The van der Waals surface area contributed by atoms with E-state index in [4.69, 9.17) is 11.5 Å². The summed E-state index contributed by atoms with van der Waals surface area (Å²) in [6.07, 6.45) is 13.6. The van der Waals surface area contributed by atoms with Gasteiger partial charge in [-0.05, 0) is 51.0 Å². The van der Waals surface area contributed by atoms with Crippen LogP contribution in [-0.4, -0.2) is 35.3 Å². The number of aromatic nitrogens is 2. The molecule has 2 aromatic heterocycles. The molecule has 0 aliphatic heterocycles. The molecular weight excluding hydrogens is 537 g/mol. The van der Waals surface area contributed by atoms with E-state index in [0.29, 0.717) is 5.70 Å². The molecule has 0 aliphatic carbocycles. The molecule has 0 saturated heterocycles. The Morgan fingerprint density at radius 3 is 2.21 bits per heavy atom. The summed E-state index contributed by atoms with van der Waals surface area (Å²) in [5.74, 6) is -1.03. The summed E-state index contributed by atoms with van der Waals surface area (Å²) < 4.78 is 0. The molecular formula is C34H57BN5OS. The van der Waals surface area contributed by atoms with Crippen molar-refractivity contribution in [3.05, 3.63) is 57.0 Å². The minimum absolute atomic E-state index is 0.0792. The number of primary amides is 1. The van der Waals surface area contributed by atoms with Crippen molar-refractivity contribution >= 4 is 41.1 Å². The van der Waals surface area contributed by atoms with Crippen molar-refractivity contribution < 1.29 is 4.79 Å². The highest BCUT2D eigenvalue weighted by molar-refractivity contribution is 7.12. The van der Waals surface area contributed by atoms with E-state index in [1.165, 1.54) is 60.9 Å². The first kappa shape index (κ1) is 37.3. The van der Waals surface area contributed by atoms with E-state index in [2.05, 4.69) is 76.1 Å². The summed E-state index contributed by atoms with van der Waals surface area (Å²) in [7, 11) is 4.43. The zero-order valence-corrected chi connectivity index (χ0v) is 28.7. The summed E-state index contributed by atoms with van der Waals surface area (Å²) >= 11 is 1.80. The fourth-order valence-electron chi connectivity index (χ4n) is 4.40. The number of nitrogens with two attached hydrogens (primary N) is 2. The first-order valence-corrected chi connectivity index (χ1v) is 16.8. The highest BCUT2D eigenvalue weighted by Gasteiger charge is 2.26. The van der Waals surface area contributed by atoms with Gasteiger partial charge in [0.05, 0.1) is 29.4 Å². The molecule has 6 nitrogen and oxygen atoms in total. The number of carbonyl (C=O) groups is 1. The molecule has 3 rings (SSSR count). The molecule has 3 aromatic rings. The smallest absolute Gasteiger partial charge is 0.226 e. The lowest BCUT2D eigenvalue weighted by molar-refractivity contribution is -0.120. The van der Waals surface area contributed by atoms with Gasteiger partial charge in [-0.2, -0.15) is 5.10 Å². The highest BCUT2D eigenvalue weighted by Crippen LogP contribution is 2.38. The third-order valence-corrected chi connectivity index (χ3v) is 9.02. The Balaban J connectivity index is 0.000000568. The maximum absolute atomic E-state index is 12.0. The lowest BCUT2D eigenvalue weighted by Crippen LogP contribution is -2.31. The van der Waals surface area contributed by atoms with Crippen LogP contribution in [0.5, 0.6) is 0 Å². The molecule has 0 spiro atoms. The van der Waals surface area contributed by atoms with Crippen molar-refractivity contribution in [2.24, 2.45) is 17.4 Å². The van der Waals surface area contributed by atoms with E-state index in [0.717, 1.165) is 34.1 Å². The fourth-order valence-corrected chi connectivity index (χ4v) is 5.45. The number of aryl methyl sites for hydroxylation is 2. The van der Waals surface area contributed by atoms with Gasteiger partial charge in [-0.15, -0.1) is 11.3 Å². The van der Waals surface area contributed by atoms with Crippen LogP contribution in [0.2, 0.25) is 12.6 Å².